The number of carbonyl (C=O) groups excluding carboxylic acids is 2. The third-order valence-corrected chi connectivity index (χ3v) is 8.16. The van der Waals surface area contributed by atoms with E-state index in [9.17, 15) is 9.59 Å². The lowest BCUT2D eigenvalue weighted by Gasteiger charge is -2.34. The molecule has 0 radical (unpaired) electrons. The Balaban J connectivity index is 1.19. The maximum Gasteiger partial charge on any atom is 0.274 e. The van der Waals surface area contributed by atoms with Crippen molar-refractivity contribution in [2.24, 2.45) is 5.10 Å². The highest BCUT2D eigenvalue weighted by molar-refractivity contribution is 7.15. The van der Waals surface area contributed by atoms with Gasteiger partial charge in [0.1, 0.15) is 5.00 Å². The molecule has 5 rings (SSSR count). The van der Waals surface area contributed by atoms with Gasteiger partial charge in [0.15, 0.2) is 0 Å². The van der Waals surface area contributed by atoms with Crippen LogP contribution in [0.1, 0.15) is 48.5 Å². The van der Waals surface area contributed by atoms with Crippen LogP contribution in [0.4, 0.5) is 10.9 Å². The first-order chi connectivity index (χ1) is 19.9. The second-order valence-corrected chi connectivity index (χ2v) is 11.0. The lowest BCUT2D eigenvalue weighted by Crippen LogP contribution is -2.46. The zero-order chi connectivity index (χ0) is 28.8. The molecule has 10 heteroatoms. The monoisotopic (exact) mass is 567 g/mol. The number of aromatic nitrogens is 2. The fourth-order valence-electron chi connectivity index (χ4n) is 4.69. The van der Waals surface area contributed by atoms with Gasteiger partial charge < -0.3 is 10.2 Å². The molecule has 0 bridgehead atoms. The van der Waals surface area contributed by atoms with Gasteiger partial charge in [0.05, 0.1) is 11.8 Å². The van der Waals surface area contributed by atoms with Crippen molar-refractivity contribution in [1.82, 2.24) is 20.3 Å². The fraction of sp³-hybridized carbons (Fsp3) is 0.258. The number of hydrogen-bond donors (Lipinski definition) is 2. The van der Waals surface area contributed by atoms with Gasteiger partial charge in [-0.25, -0.2) is 15.4 Å². The number of nitrogens with one attached hydrogen (secondary N) is 2. The summed E-state index contributed by atoms with van der Waals surface area (Å²) in [4.78, 5) is 39.4. The summed E-state index contributed by atoms with van der Waals surface area (Å²) in [5.74, 6) is 0.135. The summed E-state index contributed by atoms with van der Waals surface area (Å²) in [5.41, 5.74) is 8.65. The normalized spacial score (nSPS) is 13.9. The Hall–Kier alpha value is -4.41. The highest BCUT2D eigenvalue weighted by atomic mass is 32.1. The minimum absolute atomic E-state index is 0.257. The zero-order valence-corrected chi connectivity index (χ0v) is 24.2. The van der Waals surface area contributed by atoms with Gasteiger partial charge in [0, 0.05) is 50.7 Å². The number of benzene rings is 2. The van der Waals surface area contributed by atoms with Crippen LogP contribution in [0.15, 0.2) is 71.4 Å². The molecule has 2 N–H and O–H groups in total. The molecule has 4 aromatic rings. The topological polar surface area (TPSA) is 103 Å². The summed E-state index contributed by atoms with van der Waals surface area (Å²) in [6, 6.07) is 15.4. The molecule has 0 saturated carbocycles. The number of carbonyl (C=O) groups is 2. The van der Waals surface area contributed by atoms with Crippen LogP contribution in [0.25, 0.3) is 0 Å². The van der Waals surface area contributed by atoms with Crippen LogP contribution in [0.3, 0.4) is 0 Å². The smallest absolute Gasteiger partial charge is 0.274 e. The first-order valence-corrected chi connectivity index (χ1v) is 14.4. The SMILES string of the molecule is Cc1ccc(/C=N/NC(=O)c2c(C)csc2NC(=O)c2cccc(CN3CCN(c4ncccn4)CC3)c2)cc1C. The molecule has 1 saturated heterocycles. The molecule has 210 valence electrons. The quantitative estimate of drug-likeness (QED) is 0.234. The van der Waals surface area contributed by atoms with E-state index in [0.717, 1.165) is 60.9 Å². The van der Waals surface area contributed by atoms with Crippen molar-refractivity contribution in [3.8, 4) is 0 Å². The average molecular weight is 568 g/mol. The predicted molar refractivity (Wildman–Crippen MR) is 164 cm³/mol. The number of aryl methyl sites for hydroxylation is 3. The lowest BCUT2D eigenvalue weighted by atomic mass is 10.1. The fourth-order valence-corrected chi connectivity index (χ4v) is 5.63. The molecule has 0 spiro atoms. The zero-order valence-electron chi connectivity index (χ0n) is 23.4. The first kappa shape index (κ1) is 28.1. The van der Waals surface area contributed by atoms with E-state index in [-0.39, 0.29) is 11.8 Å². The molecule has 1 fully saturated rings. The van der Waals surface area contributed by atoms with Crippen molar-refractivity contribution in [2.75, 3.05) is 36.4 Å². The van der Waals surface area contributed by atoms with Gasteiger partial charge in [-0.15, -0.1) is 11.3 Å². The van der Waals surface area contributed by atoms with Crippen molar-refractivity contribution in [3.05, 3.63) is 105 Å². The molecule has 1 aliphatic heterocycles. The lowest BCUT2D eigenvalue weighted by molar-refractivity contribution is 0.0956. The van der Waals surface area contributed by atoms with Gasteiger partial charge in [-0.05, 0) is 72.2 Å². The van der Waals surface area contributed by atoms with Crippen LogP contribution >= 0.6 is 11.3 Å². The second-order valence-electron chi connectivity index (χ2n) is 10.1. The Morgan fingerprint density at radius 1 is 0.927 bits per heavy atom. The van der Waals surface area contributed by atoms with Gasteiger partial charge in [-0.3, -0.25) is 14.5 Å². The third-order valence-electron chi connectivity index (χ3n) is 7.14. The average Bonchev–Trinajstić information content (AvgIpc) is 3.35. The highest BCUT2D eigenvalue weighted by Gasteiger charge is 2.21. The van der Waals surface area contributed by atoms with Crippen LogP contribution in [-0.2, 0) is 6.54 Å². The number of hydrazone groups is 1. The maximum atomic E-state index is 13.2. The van der Waals surface area contributed by atoms with Crippen LogP contribution in [0.5, 0.6) is 0 Å². The summed E-state index contributed by atoms with van der Waals surface area (Å²) < 4.78 is 0. The molecule has 2 amide bonds. The van der Waals surface area contributed by atoms with Gasteiger partial charge in [-0.1, -0.05) is 30.3 Å². The van der Waals surface area contributed by atoms with E-state index >= 15 is 0 Å². The molecule has 0 aliphatic carbocycles. The number of piperazine rings is 1. The second kappa shape index (κ2) is 12.8. The molecule has 3 heterocycles. The number of amides is 2. The number of nitrogens with zero attached hydrogens (tertiary/aromatic N) is 5. The van der Waals surface area contributed by atoms with Crippen molar-refractivity contribution >= 4 is 40.3 Å². The van der Waals surface area contributed by atoms with Crippen LogP contribution < -0.4 is 15.6 Å². The Morgan fingerprint density at radius 2 is 1.71 bits per heavy atom. The van der Waals surface area contributed by atoms with Crippen molar-refractivity contribution in [2.45, 2.75) is 27.3 Å². The molecule has 0 atom stereocenters. The minimum atomic E-state index is -0.368. The van der Waals surface area contributed by atoms with E-state index in [0.29, 0.717) is 16.1 Å². The van der Waals surface area contributed by atoms with E-state index in [1.165, 1.54) is 16.9 Å². The molecule has 9 nitrogen and oxygen atoms in total. The molecular formula is C31H33N7O2S. The summed E-state index contributed by atoms with van der Waals surface area (Å²) >= 11 is 1.32. The number of hydrogen-bond acceptors (Lipinski definition) is 8. The van der Waals surface area contributed by atoms with Crippen LogP contribution in [0.2, 0.25) is 0 Å². The molecule has 2 aromatic carbocycles. The molecular weight excluding hydrogens is 534 g/mol. The van der Waals surface area contributed by atoms with Gasteiger partial charge >= 0.3 is 0 Å². The molecule has 0 unspecified atom stereocenters. The first-order valence-electron chi connectivity index (χ1n) is 13.5. The van der Waals surface area contributed by atoms with Crippen LogP contribution in [-0.4, -0.2) is 59.1 Å². The van der Waals surface area contributed by atoms with E-state index < -0.39 is 0 Å². The molecule has 2 aromatic heterocycles. The summed E-state index contributed by atoms with van der Waals surface area (Å²) in [6.45, 7) is 10.1. The summed E-state index contributed by atoms with van der Waals surface area (Å²) in [6.07, 6.45) is 5.14. The summed E-state index contributed by atoms with van der Waals surface area (Å²) in [7, 11) is 0. The van der Waals surface area contributed by atoms with Gasteiger partial charge in [0.2, 0.25) is 5.95 Å². The largest absolute Gasteiger partial charge is 0.338 e. The third kappa shape index (κ3) is 7.03. The Labute approximate surface area is 243 Å². The maximum absolute atomic E-state index is 13.2. The highest BCUT2D eigenvalue weighted by Crippen LogP contribution is 2.28. The van der Waals surface area contributed by atoms with E-state index in [1.807, 2.05) is 68.6 Å². The number of thiophene rings is 1. The van der Waals surface area contributed by atoms with Crippen molar-refractivity contribution in [3.63, 3.8) is 0 Å². The Bertz CT molecular complexity index is 1560. The molecule has 41 heavy (non-hydrogen) atoms. The minimum Gasteiger partial charge on any atom is -0.338 e. The van der Waals surface area contributed by atoms with E-state index in [2.05, 4.69) is 35.6 Å². The van der Waals surface area contributed by atoms with Gasteiger partial charge in [-0.2, -0.15) is 5.10 Å². The standard InChI is InChI=1S/C31H33N7O2S/c1-21-8-9-24(16-22(21)2)18-34-36-29(40)27-23(3)20-41-30(27)35-28(39)26-7-4-6-25(17-26)19-37-12-14-38(15-13-37)31-32-10-5-11-33-31/h4-11,16-18,20H,12-15,19H2,1-3H3,(H,35,39)(H,36,40)/b34-18+. The van der Waals surface area contributed by atoms with E-state index in [4.69, 9.17) is 0 Å². The predicted octanol–water partition coefficient (Wildman–Crippen LogP) is 4.80. The van der Waals surface area contributed by atoms with E-state index in [1.54, 1.807) is 24.7 Å². The Kier molecular flexibility index (Phi) is 8.81. The molecule has 1 aliphatic rings. The van der Waals surface area contributed by atoms with Crippen molar-refractivity contribution < 1.29 is 9.59 Å². The summed E-state index contributed by atoms with van der Waals surface area (Å²) in [5, 5.41) is 9.42. The van der Waals surface area contributed by atoms with Crippen molar-refractivity contribution in [1.29, 1.82) is 0 Å². The number of anilines is 2. The van der Waals surface area contributed by atoms with Gasteiger partial charge in [0.25, 0.3) is 11.8 Å². The number of rotatable bonds is 8. The van der Waals surface area contributed by atoms with Crippen LogP contribution in [0, 0.1) is 20.8 Å². The Morgan fingerprint density at radius 3 is 2.46 bits per heavy atom.